The first-order valence-corrected chi connectivity index (χ1v) is 13.3. The molecular formula is C28H29F6NO4. The first-order chi connectivity index (χ1) is 18.3. The van der Waals surface area contributed by atoms with Crippen LogP contribution >= 0.6 is 0 Å². The summed E-state index contributed by atoms with van der Waals surface area (Å²) in [4.78, 5) is 26.8. The van der Waals surface area contributed by atoms with E-state index in [2.05, 4.69) is 0 Å². The molecule has 3 fully saturated rings. The van der Waals surface area contributed by atoms with Crippen LogP contribution in [0.2, 0.25) is 0 Å². The van der Waals surface area contributed by atoms with Crippen molar-refractivity contribution in [3.63, 3.8) is 0 Å². The van der Waals surface area contributed by atoms with Gasteiger partial charge in [-0.3, -0.25) is 9.59 Å². The highest BCUT2D eigenvalue weighted by Gasteiger charge is 2.44. The largest absolute Gasteiger partial charge is 0.490 e. The number of nitrogens with zero attached hydrogens (tertiary/aromatic N) is 1. The summed E-state index contributed by atoms with van der Waals surface area (Å²) in [6.45, 7) is 0. The molecule has 0 aromatic heterocycles. The van der Waals surface area contributed by atoms with Crippen molar-refractivity contribution in [2.45, 2.75) is 88.3 Å². The van der Waals surface area contributed by atoms with Crippen molar-refractivity contribution in [2.24, 2.45) is 11.8 Å². The van der Waals surface area contributed by atoms with E-state index in [1.165, 1.54) is 30.3 Å². The molecule has 1 aliphatic carbocycles. The Morgan fingerprint density at radius 3 is 2.08 bits per heavy atom. The van der Waals surface area contributed by atoms with E-state index >= 15 is 0 Å². The molecule has 5 rings (SSSR count). The molecule has 39 heavy (non-hydrogen) atoms. The predicted octanol–water partition coefficient (Wildman–Crippen LogP) is 7.22. The predicted molar refractivity (Wildman–Crippen MR) is 129 cm³/mol. The van der Waals surface area contributed by atoms with Crippen molar-refractivity contribution in [1.82, 2.24) is 4.90 Å². The van der Waals surface area contributed by atoms with Crippen molar-refractivity contribution >= 4 is 22.6 Å². The van der Waals surface area contributed by atoms with E-state index in [0.29, 0.717) is 25.7 Å². The lowest BCUT2D eigenvalue weighted by atomic mass is 9.78. The van der Waals surface area contributed by atoms with E-state index in [9.17, 15) is 41.0 Å². The standard InChI is InChI=1S/C28H29F6NO4/c29-27(30,31)18-6-8-21(9-7-18)39-23-11-5-15-12-16(4-10-22(15)24(23)28(32,33)34)25(36)35-19-2-1-3-20(35)14-17(13-19)26(37)38/h4-5,10-12,17-21H,1-3,6-9,13-14H2,(H,37,38)/t17?,18-,19?,20?,21+. The summed E-state index contributed by atoms with van der Waals surface area (Å²) in [5.41, 5.74) is -0.795. The summed E-state index contributed by atoms with van der Waals surface area (Å²) in [6, 6.07) is 6.13. The molecule has 0 radical (unpaired) electrons. The lowest BCUT2D eigenvalue weighted by molar-refractivity contribution is -0.185. The minimum atomic E-state index is -4.79. The normalized spacial score (nSPS) is 27.8. The molecule has 2 aromatic carbocycles. The zero-order chi connectivity index (χ0) is 28.1. The van der Waals surface area contributed by atoms with Crippen LogP contribution in [0.25, 0.3) is 10.8 Å². The summed E-state index contributed by atoms with van der Waals surface area (Å²) in [6.07, 6.45) is -7.28. The van der Waals surface area contributed by atoms with Crippen LogP contribution in [-0.2, 0) is 11.0 Å². The lowest BCUT2D eigenvalue weighted by Gasteiger charge is -2.48. The van der Waals surface area contributed by atoms with Gasteiger partial charge in [-0.2, -0.15) is 26.3 Å². The van der Waals surface area contributed by atoms with Gasteiger partial charge in [-0.25, -0.2) is 0 Å². The monoisotopic (exact) mass is 557 g/mol. The molecule has 2 heterocycles. The van der Waals surface area contributed by atoms with Gasteiger partial charge in [0.25, 0.3) is 5.91 Å². The van der Waals surface area contributed by atoms with Crippen LogP contribution in [0.5, 0.6) is 5.75 Å². The third kappa shape index (κ3) is 5.54. The molecule has 11 heteroatoms. The van der Waals surface area contributed by atoms with Crippen molar-refractivity contribution in [1.29, 1.82) is 0 Å². The Kier molecular flexibility index (Phi) is 7.22. The Hall–Kier alpha value is -2.98. The van der Waals surface area contributed by atoms with Gasteiger partial charge >= 0.3 is 18.3 Å². The number of aliphatic carboxylic acids is 1. The average molecular weight is 558 g/mol. The van der Waals surface area contributed by atoms with Crippen molar-refractivity contribution in [2.75, 3.05) is 0 Å². The summed E-state index contributed by atoms with van der Waals surface area (Å²) < 4.78 is 87.2. The topological polar surface area (TPSA) is 66.8 Å². The number of carboxylic acid groups (broad SMARTS) is 1. The average Bonchev–Trinajstić information content (AvgIpc) is 2.86. The second-order valence-corrected chi connectivity index (χ2v) is 11.0. The Bertz CT molecular complexity index is 1240. The number of carbonyl (C=O) groups is 2. The lowest BCUT2D eigenvalue weighted by Crippen LogP contribution is -2.55. The fraction of sp³-hybridized carbons (Fsp3) is 0.571. The Balaban J connectivity index is 1.40. The van der Waals surface area contributed by atoms with Crippen LogP contribution < -0.4 is 4.74 Å². The van der Waals surface area contributed by atoms with Crippen LogP contribution in [-0.4, -0.2) is 46.2 Å². The molecule has 5 nitrogen and oxygen atoms in total. The Labute approximate surface area is 221 Å². The number of hydrogen-bond donors (Lipinski definition) is 1. The summed E-state index contributed by atoms with van der Waals surface area (Å²) in [5, 5.41) is 9.49. The number of piperidine rings is 2. The number of halogens is 6. The molecule has 1 saturated carbocycles. The Morgan fingerprint density at radius 1 is 0.872 bits per heavy atom. The summed E-state index contributed by atoms with van der Waals surface area (Å²) >= 11 is 0. The summed E-state index contributed by atoms with van der Waals surface area (Å²) in [5.74, 6) is -3.63. The van der Waals surface area contributed by atoms with Gasteiger partial charge in [-0.15, -0.1) is 0 Å². The molecule has 2 saturated heterocycles. The van der Waals surface area contributed by atoms with Crippen LogP contribution in [0, 0.1) is 11.8 Å². The number of carboxylic acids is 1. The summed E-state index contributed by atoms with van der Waals surface area (Å²) in [7, 11) is 0. The molecular weight excluding hydrogens is 528 g/mol. The van der Waals surface area contributed by atoms with Crippen molar-refractivity contribution in [3.05, 3.63) is 41.5 Å². The second kappa shape index (κ2) is 10.2. The van der Waals surface area contributed by atoms with E-state index in [0.717, 1.165) is 6.42 Å². The van der Waals surface area contributed by atoms with Gasteiger partial charge in [0.2, 0.25) is 0 Å². The SMILES string of the molecule is O=C(O)C1CC2CCCC(C1)N2C(=O)c1ccc2c(C(F)(F)F)c(O[C@H]3CC[C@@H](C(F)(F)F)CC3)ccc2c1. The van der Waals surface area contributed by atoms with E-state index < -0.39 is 47.6 Å². The van der Waals surface area contributed by atoms with E-state index in [-0.39, 0.29) is 60.0 Å². The third-order valence-corrected chi connectivity index (χ3v) is 8.50. The van der Waals surface area contributed by atoms with Gasteiger partial charge in [0.05, 0.1) is 17.9 Å². The number of alkyl halides is 6. The number of fused-ring (bicyclic) bond motifs is 3. The molecule has 2 atom stereocenters. The highest BCUT2D eigenvalue weighted by molar-refractivity contribution is 6.00. The molecule has 0 spiro atoms. The van der Waals surface area contributed by atoms with Gasteiger partial charge in [0.15, 0.2) is 0 Å². The molecule has 2 bridgehead atoms. The molecule has 2 aliphatic heterocycles. The second-order valence-electron chi connectivity index (χ2n) is 11.0. The number of carbonyl (C=O) groups excluding carboxylic acids is 1. The van der Waals surface area contributed by atoms with Crippen LogP contribution in [0.4, 0.5) is 26.3 Å². The zero-order valence-corrected chi connectivity index (χ0v) is 21.0. The molecule has 2 unspecified atom stereocenters. The molecule has 3 aliphatic rings. The highest BCUT2D eigenvalue weighted by Crippen LogP contribution is 2.44. The van der Waals surface area contributed by atoms with Crippen LogP contribution in [0.3, 0.4) is 0 Å². The number of hydrogen-bond acceptors (Lipinski definition) is 3. The van der Waals surface area contributed by atoms with Crippen LogP contribution in [0.1, 0.15) is 73.7 Å². The van der Waals surface area contributed by atoms with Crippen LogP contribution in [0.15, 0.2) is 30.3 Å². The van der Waals surface area contributed by atoms with Gasteiger partial charge in [0, 0.05) is 17.6 Å². The van der Waals surface area contributed by atoms with Crippen molar-refractivity contribution in [3.8, 4) is 5.75 Å². The van der Waals surface area contributed by atoms with Gasteiger partial charge in [-0.1, -0.05) is 12.1 Å². The van der Waals surface area contributed by atoms with E-state index in [1.807, 2.05) is 0 Å². The third-order valence-electron chi connectivity index (χ3n) is 8.50. The quantitative estimate of drug-likeness (QED) is 0.403. The minimum absolute atomic E-state index is 0.00779. The zero-order valence-electron chi connectivity index (χ0n) is 21.0. The fourth-order valence-electron chi connectivity index (χ4n) is 6.58. The number of ether oxygens (including phenoxy) is 1. The minimum Gasteiger partial charge on any atom is -0.490 e. The van der Waals surface area contributed by atoms with E-state index in [1.54, 1.807) is 4.90 Å². The molecule has 212 valence electrons. The number of amides is 1. The van der Waals surface area contributed by atoms with Crippen molar-refractivity contribution < 1.29 is 45.8 Å². The maximum atomic E-state index is 14.2. The van der Waals surface area contributed by atoms with Gasteiger partial charge in [-0.05, 0) is 86.8 Å². The first-order valence-electron chi connectivity index (χ1n) is 13.3. The molecule has 1 amide bonds. The van der Waals surface area contributed by atoms with Gasteiger partial charge in [0.1, 0.15) is 11.3 Å². The van der Waals surface area contributed by atoms with E-state index in [4.69, 9.17) is 4.74 Å². The maximum Gasteiger partial charge on any atom is 0.420 e. The first kappa shape index (κ1) is 27.6. The number of rotatable bonds is 4. The Morgan fingerprint density at radius 2 is 1.51 bits per heavy atom. The fourth-order valence-corrected chi connectivity index (χ4v) is 6.58. The molecule has 1 N–H and O–H groups in total. The van der Waals surface area contributed by atoms with Gasteiger partial charge < -0.3 is 14.7 Å². The maximum absolute atomic E-state index is 14.2. The number of benzene rings is 2. The smallest absolute Gasteiger partial charge is 0.420 e. The molecule has 2 aromatic rings. The highest BCUT2D eigenvalue weighted by atomic mass is 19.4.